The number of rotatable bonds is 3. The van der Waals surface area contributed by atoms with Crippen molar-refractivity contribution >= 4 is 5.91 Å². The second-order valence-corrected chi connectivity index (χ2v) is 7.40. The van der Waals surface area contributed by atoms with Crippen molar-refractivity contribution in [1.82, 2.24) is 5.32 Å². The van der Waals surface area contributed by atoms with Gasteiger partial charge >= 0.3 is 0 Å². The van der Waals surface area contributed by atoms with E-state index in [1.807, 2.05) is 6.92 Å². The second-order valence-electron chi connectivity index (χ2n) is 7.40. The number of fused-ring (bicyclic) bond motifs is 1. The molecule has 120 valence electrons. The van der Waals surface area contributed by atoms with Crippen LogP contribution in [0.2, 0.25) is 0 Å². The predicted molar refractivity (Wildman–Crippen MR) is 80.8 cm³/mol. The van der Waals surface area contributed by atoms with Crippen molar-refractivity contribution in [3.63, 3.8) is 0 Å². The average molecular weight is 295 g/mol. The van der Waals surface area contributed by atoms with Gasteiger partial charge in [-0.05, 0) is 38.0 Å². The molecular formula is C17H29NO3. The lowest BCUT2D eigenvalue weighted by Gasteiger charge is -2.39. The highest BCUT2D eigenvalue weighted by molar-refractivity contribution is 5.78. The minimum atomic E-state index is -0.877. The van der Waals surface area contributed by atoms with E-state index in [-0.39, 0.29) is 17.9 Å². The fourth-order valence-electron chi connectivity index (χ4n) is 4.50. The van der Waals surface area contributed by atoms with Gasteiger partial charge in [-0.15, -0.1) is 0 Å². The third kappa shape index (κ3) is 3.26. The minimum Gasteiger partial charge on any atom is -0.385 e. The first-order chi connectivity index (χ1) is 10.1. The first-order valence-electron chi connectivity index (χ1n) is 8.70. The molecule has 0 aromatic rings. The maximum Gasteiger partial charge on any atom is 0.223 e. The molecule has 1 amide bonds. The fraction of sp³-hybridized carbons (Fsp3) is 0.941. The third-order valence-electron chi connectivity index (χ3n) is 6.14. The molecule has 0 bridgehead atoms. The van der Waals surface area contributed by atoms with Gasteiger partial charge in [0.15, 0.2) is 0 Å². The lowest BCUT2D eigenvalue weighted by molar-refractivity contribution is -0.129. The Morgan fingerprint density at radius 1 is 1.24 bits per heavy atom. The zero-order chi connectivity index (χ0) is 14.9. The molecule has 1 heterocycles. The smallest absolute Gasteiger partial charge is 0.223 e. The number of aliphatic hydroxyl groups is 1. The first-order valence-corrected chi connectivity index (χ1v) is 8.70. The van der Waals surface area contributed by atoms with E-state index in [1.54, 1.807) is 0 Å². The molecule has 4 nitrogen and oxygen atoms in total. The van der Waals surface area contributed by atoms with Crippen molar-refractivity contribution in [1.29, 1.82) is 0 Å². The topological polar surface area (TPSA) is 58.6 Å². The van der Waals surface area contributed by atoms with Crippen molar-refractivity contribution in [2.24, 2.45) is 17.8 Å². The molecule has 0 aromatic heterocycles. The summed E-state index contributed by atoms with van der Waals surface area (Å²) in [6, 6.07) is 0. The molecule has 0 aromatic carbocycles. The summed E-state index contributed by atoms with van der Waals surface area (Å²) in [5, 5.41) is 13.4. The molecule has 21 heavy (non-hydrogen) atoms. The van der Waals surface area contributed by atoms with Gasteiger partial charge in [-0.2, -0.15) is 0 Å². The Morgan fingerprint density at radius 2 is 2.00 bits per heavy atom. The molecule has 2 saturated carbocycles. The summed E-state index contributed by atoms with van der Waals surface area (Å²) < 4.78 is 5.42. The van der Waals surface area contributed by atoms with Gasteiger partial charge in [-0.1, -0.05) is 25.7 Å². The Balaban J connectivity index is 1.49. The van der Waals surface area contributed by atoms with E-state index in [4.69, 9.17) is 4.74 Å². The molecule has 1 aliphatic heterocycles. The van der Waals surface area contributed by atoms with Gasteiger partial charge < -0.3 is 15.2 Å². The Bertz CT molecular complexity index is 386. The number of hydrogen-bond acceptors (Lipinski definition) is 3. The van der Waals surface area contributed by atoms with E-state index < -0.39 is 5.60 Å². The lowest BCUT2D eigenvalue weighted by Crippen LogP contribution is -2.49. The molecule has 3 rings (SSSR count). The summed E-state index contributed by atoms with van der Waals surface area (Å²) in [5.74, 6) is 1.94. The van der Waals surface area contributed by atoms with Gasteiger partial charge in [0.2, 0.25) is 5.91 Å². The minimum absolute atomic E-state index is 0.145. The van der Waals surface area contributed by atoms with Gasteiger partial charge in [0.05, 0.1) is 6.10 Å². The van der Waals surface area contributed by atoms with Crippen molar-refractivity contribution < 1.29 is 14.6 Å². The largest absolute Gasteiger partial charge is 0.385 e. The van der Waals surface area contributed by atoms with E-state index in [1.165, 1.54) is 32.1 Å². The monoisotopic (exact) mass is 295 g/mol. The average Bonchev–Trinajstić information content (AvgIpc) is 2.84. The van der Waals surface area contributed by atoms with Crippen molar-refractivity contribution in [2.45, 2.75) is 70.0 Å². The van der Waals surface area contributed by atoms with Gasteiger partial charge in [0.25, 0.3) is 0 Å². The number of carbonyl (C=O) groups excluding carboxylic acids is 1. The number of amides is 1. The summed E-state index contributed by atoms with van der Waals surface area (Å²) >= 11 is 0. The Kier molecular flexibility index (Phi) is 4.55. The van der Waals surface area contributed by atoms with Crippen LogP contribution in [0.5, 0.6) is 0 Å². The van der Waals surface area contributed by atoms with Crippen molar-refractivity contribution in [3.05, 3.63) is 0 Å². The highest BCUT2D eigenvalue weighted by atomic mass is 16.5. The molecule has 2 aliphatic carbocycles. The van der Waals surface area contributed by atoms with Crippen LogP contribution in [0.3, 0.4) is 0 Å². The third-order valence-corrected chi connectivity index (χ3v) is 6.14. The van der Waals surface area contributed by atoms with Crippen LogP contribution in [0, 0.1) is 17.8 Å². The van der Waals surface area contributed by atoms with Gasteiger partial charge in [0.1, 0.15) is 5.60 Å². The van der Waals surface area contributed by atoms with Crippen LogP contribution in [-0.4, -0.2) is 35.9 Å². The number of ether oxygens (including phenoxy) is 1. The van der Waals surface area contributed by atoms with Crippen LogP contribution in [0.4, 0.5) is 0 Å². The molecule has 3 fully saturated rings. The van der Waals surface area contributed by atoms with E-state index >= 15 is 0 Å². The van der Waals surface area contributed by atoms with E-state index in [2.05, 4.69) is 5.32 Å². The molecule has 1 saturated heterocycles. The lowest BCUT2D eigenvalue weighted by atomic mass is 9.67. The van der Waals surface area contributed by atoms with E-state index in [0.717, 1.165) is 24.7 Å². The molecular weight excluding hydrogens is 266 g/mol. The Hall–Kier alpha value is -0.610. The van der Waals surface area contributed by atoms with Gasteiger partial charge in [-0.3, -0.25) is 4.79 Å². The van der Waals surface area contributed by atoms with E-state index in [9.17, 15) is 9.90 Å². The normalized spacial score (nSPS) is 43.3. The summed E-state index contributed by atoms with van der Waals surface area (Å²) in [5.41, 5.74) is -0.877. The molecule has 3 aliphatic rings. The molecule has 0 spiro atoms. The first kappa shape index (κ1) is 15.3. The summed E-state index contributed by atoms with van der Waals surface area (Å²) in [4.78, 5) is 12.4. The Morgan fingerprint density at radius 3 is 2.71 bits per heavy atom. The van der Waals surface area contributed by atoms with Crippen LogP contribution < -0.4 is 5.32 Å². The number of carbonyl (C=O) groups is 1. The standard InChI is InChI=1S/C17H29NO3/c1-12-17(20,8-9-21-12)11-18-16(19)15-7-6-13-4-2-3-5-14(13)10-15/h12-15,20H,2-11H2,1H3,(H,18,19). The highest BCUT2D eigenvalue weighted by Crippen LogP contribution is 2.42. The van der Waals surface area contributed by atoms with Crippen LogP contribution in [0.1, 0.15) is 58.3 Å². The number of hydrogen-bond donors (Lipinski definition) is 2. The van der Waals surface area contributed by atoms with Crippen LogP contribution >= 0.6 is 0 Å². The van der Waals surface area contributed by atoms with Crippen LogP contribution in [0.15, 0.2) is 0 Å². The predicted octanol–water partition coefficient (Wildman–Crippen LogP) is 2.25. The van der Waals surface area contributed by atoms with Crippen LogP contribution in [0.25, 0.3) is 0 Å². The molecule has 2 N–H and O–H groups in total. The quantitative estimate of drug-likeness (QED) is 0.839. The van der Waals surface area contributed by atoms with Crippen LogP contribution in [-0.2, 0) is 9.53 Å². The van der Waals surface area contributed by atoms with Gasteiger partial charge in [0, 0.05) is 25.5 Å². The molecule has 5 unspecified atom stereocenters. The summed E-state index contributed by atoms with van der Waals surface area (Å²) in [6.07, 6.45) is 9.12. The summed E-state index contributed by atoms with van der Waals surface area (Å²) in [7, 11) is 0. The van der Waals surface area contributed by atoms with Gasteiger partial charge in [-0.25, -0.2) is 0 Å². The van der Waals surface area contributed by atoms with E-state index in [0.29, 0.717) is 19.6 Å². The zero-order valence-electron chi connectivity index (χ0n) is 13.1. The Labute approximate surface area is 127 Å². The molecule has 4 heteroatoms. The number of nitrogens with one attached hydrogen (secondary N) is 1. The molecule has 0 radical (unpaired) electrons. The highest BCUT2D eigenvalue weighted by Gasteiger charge is 2.41. The fourth-order valence-corrected chi connectivity index (χ4v) is 4.50. The maximum absolute atomic E-state index is 12.4. The second kappa shape index (κ2) is 6.25. The SMILES string of the molecule is CC1OCCC1(O)CNC(=O)C1CCC2CCCCC2C1. The molecule has 5 atom stereocenters. The zero-order valence-corrected chi connectivity index (χ0v) is 13.1. The summed E-state index contributed by atoms with van der Waals surface area (Å²) in [6.45, 7) is 2.80. The maximum atomic E-state index is 12.4. The van der Waals surface area contributed by atoms with Crippen molar-refractivity contribution in [3.8, 4) is 0 Å². The van der Waals surface area contributed by atoms with Crippen molar-refractivity contribution in [2.75, 3.05) is 13.2 Å².